The van der Waals surface area contributed by atoms with Gasteiger partial charge in [-0.25, -0.2) is 8.42 Å². The van der Waals surface area contributed by atoms with Crippen molar-refractivity contribution < 1.29 is 22.9 Å². The highest BCUT2D eigenvalue weighted by Crippen LogP contribution is 2.31. The molecular weight excluding hydrogens is 460 g/mol. The number of benzene rings is 1. The van der Waals surface area contributed by atoms with Crippen LogP contribution in [0.5, 0.6) is 5.75 Å². The molecule has 0 unspecified atom stereocenters. The van der Waals surface area contributed by atoms with Gasteiger partial charge in [0, 0.05) is 25.2 Å². The zero-order valence-corrected chi connectivity index (χ0v) is 17.1. The fourth-order valence-corrected chi connectivity index (χ4v) is 6.36. The van der Waals surface area contributed by atoms with E-state index in [9.17, 15) is 23.3 Å². The first-order valence-electron chi connectivity index (χ1n) is 7.99. The van der Waals surface area contributed by atoms with E-state index < -0.39 is 26.8 Å². The predicted molar refractivity (Wildman–Crippen MR) is 102 cm³/mol. The Morgan fingerprint density at radius 3 is 2.33 bits per heavy atom. The average Bonchev–Trinajstić information content (AvgIpc) is 3.09. The van der Waals surface area contributed by atoms with Gasteiger partial charge < -0.3 is 4.74 Å². The molecule has 3 rings (SSSR count). The number of sulfonamides is 1. The topological polar surface area (TPSA) is 107 Å². The Hall–Kier alpha value is -1.82. The summed E-state index contributed by atoms with van der Waals surface area (Å²) in [5.41, 5.74) is -0.0893. The fourth-order valence-electron chi connectivity index (χ4n) is 2.73. The average molecular weight is 475 g/mol. The van der Waals surface area contributed by atoms with E-state index in [4.69, 9.17) is 4.74 Å². The number of hydrogen-bond donors (Lipinski definition) is 0. The third-order valence-electron chi connectivity index (χ3n) is 4.20. The molecule has 0 N–H and O–H groups in total. The molecule has 2 aromatic rings. The van der Waals surface area contributed by atoms with Gasteiger partial charge in [-0.3, -0.25) is 14.9 Å². The maximum atomic E-state index is 12.6. The number of esters is 1. The lowest BCUT2D eigenvalue weighted by molar-refractivity contribution is -0.384. The first-order valence-corrected chi connectivity index (χ1v) is 11.0. The molecule has 1 fully saturated rings. The highest BCUT2D eigenvalue weighted by atomic mass is 79.9. The normalized spacial score (nSPS) is 16.2. The van der Waals surface area contributed by atoms with Gasteiger partial charge in [0.2, 0.25) is 0 Å². The van der Waals surface area contributed by atoms with Crippen LogP contribution in [0, 0.1) is 16.0 Å². The molecule has 11 heteroatoms. The van der Waals surface area contributed by atoms with Crippen molar-refractivity contribution in [2.75, 3.05) is 13.1 Å². The fraction of sp³-hybridized carbons (Fsp3) is 0.312. The summed E-state index contributed by atoms with van der Waals surface area (Å²) in [6, 6.07) is 8.49. The van der Waals surface area contributed by atoms with E-state index in [1.54, 1.807) is 12.1 Å². The van der Waals surface area contributed by atoms with Gasteiger partial charge in [-0.1, -0.05) is 0 Å². The van der Waals surface area contributed by atoms with Crippen LogP contribution in [-0.2, 0) is 14.8 Å². The predicted octanol–water partition coefficient (Wildman–Crippen LogP) is 3.43. The standard InChI is InChI=1S/C16H15BrN2O6S2/c17-14-5-6-15(26-14)27(23,24)18-9-7-11(8-10-18)16(20)25-13-3-1-12(2-4-13)19(21)22/h1-6,11H,7-10H2. The molecule has 0 spiro atoms. The molecule has 1 aliphatic heterocycles. The summed E-state index contributed by atoms with van der Waals surface area (Å²) in [5, 5.41) is 10.6. The molecule has 0 saturated carbocycles. The van der Waals surface area contributed by atoms with E-state index in [0.717, 1.165) is 15.1 Å². The van der Waals surface area contributed by atoms with Crippen LogP contribution in [0.4, 0.5) is 5.69 Å². The third-order valence-corrected chi connectivity index (χ3v) is 8.19. The Balaban J connectivity index is 1.58. The van der Waals surface area contributed by atoms with E-state index in [1.165, 1.54) is 28.6 Å². The first kappa shape index (κ1) is 19.9. The number of nitrogens with zero attached hydrogens (tertiary/aromatic N) is 2. The zero-order valence-electron chi connectivity index (χ0n) is 13.9. The summed E-state index contributed by atoms with van der Waals surface area (Å²) >= 11 is 4.41. The number of nitro groups is 1. The Bertz CT molecular complexity index is 950. The summed E-state index contributed by atoms with van der Waals surface area (Å²) < 4.78 is 32.8. The number of piperidine rings is 1. The number of carbonyl (C=O) groups is 1. The number of halogens is 1. The van der Waals surface area contributed by atoms with Crippen molar-refractivity contribution >= 4 is 48.9 Å². The van der Waals surface area contributed by atoms with Crippen LogP contribution in [-0.4, -0.2) is 36.7 Å². The van der Waals surface area contributed by atoms with Gasteiger partial charge in [0.1, 0.15) is 9.96 Å². The Morgan fingerprint density at radius 1 is 1.19 bits per heavy atom. The second kappa shape index (κ2) is 8.05. The molecule has 1 aromatic carbocycles. The van der Waals surface area contributed by atoms with Gasteiger partial charge in [0.05, 0.1) is 14.6 Å². The van der Waals surface area contributed by atoms with E-state index in [2.05, 4.69) is 15.9 Å². The molecule has 0 radical (unpaired) electrons. The number of nitro benzene ring substituents is 1. The van der Waals surface area contributed by atoms with Crippen molar-refractivity contribution in [1.29, 1.82) is 0 Å². The molecule has 144 valence electrons. The molecule has 2 heterocycles. The van der Waals surface area contributed by atoms with Crippen LogP contribution in [0.15, 0.2) is 44.4 Å². The third kappa shape index (κ3) is 4.54. The Labute approximate surface area is 168 Å². The van der Waals surface area contributed by atoms with Gasteiger partial charge in [0.25, 0.3) is 15.7 Å². The van der Waals surface area contributed by atoms with Crippen molar-refractivity contribution in [2.24, 2.45) is 5.92 Å². The number of rotatable bonds is 5. The molecule has 0 bridgehead atoms. The summed E-state index contributed by atoms with van der Waals surface area (Å²) in [6.45, 7) is 0.468. The molecule has 0 atom stereocenters. The minimum atomic E-state index is -3.56. The van der Waals surface area contributed by atoms with Gasteiger partial charge in [-0.15, -0.1) is 11.3 Å². The molecule has 8 nitrogen and oxygen atoms in total. The second-order valence-corrected chi connectivity index (χ2v) is 10.5. The quantitative estimate of drug-likeness (QED) is 0.284. The number of carbonyl (C=O) groups excluding carboxylic acids is 1. The highest BCUT2D eigenvalue weighted by molar-refractivity contribution is 9.11. The SMILES string of the molecule is O=C(Oc1ccc([N+](=O)[O-])cc1)C1CCN(S(=O)(=O)c2ccc(Br)s2)CC1. The van der Waals surface area contributed by atoms with E-state index >= 15 is 0 Å². The number of non-ortho nitro benzene ring substituents is 1. The van der Waals surface area contributed by atoms with Crippen LogP contribution in [0.2, 0.25) is 0 Å². The molecule has 1 aliphatic rings. The van der Waals surface area contributed by atoms with Crippen molar-refractivity contribution in [2.45, 2.75) is 17.1 Å². The van der Waals surface area contributed by atoms with Gasteiger partial charge in [0.15, 0.2) is 0 Å². The van der Waals surface area contributed by atoms with Crippen molar-refractivity contribution in [3.8, 4) is 5.75 Å². The van der Waals surface area contributed by atoms with Crippen LogP contribution in [0.25, 0.3) is 0 Å². The molecule has 1 saturated heterocycles. The summed E-state index contributed by atoms with van der Waals surface area (Å²) in [4.78, 5) is 22.4. The second-order valence-electron chi connectivity index (χ2n) is 5.91. The monoisotopic (exact) mass is 474 g/mol. The number of thiophene rings is 1. The number of ether oxygens (including phenoxy) is 1. The minimum absolute atomic E-state index is 0.0893. The lowest BCUT2D eigenvalue weighted by Gasteiger charge is -2.29. The molecule has 0 aliphatic carbocycles. The summed E-state index contributed by atoms with van der Waals surface area (Å²) in [6.07, 6.45) is 0.717. The zero-order chi connectivity index (χ0) is 19.6. The van der Waals surface area contributed by atoms with Crippen molar-refractivity contribution in [3.63, 3.8) is 0 Å². The van der Waals surface area contributed by atoms with Gasteiger partial charge >= 0.3 is 5.97 Å². The Morgan fingerprint density at radius 2 is 1.81 bits per heavy atom. The smallest absolute Gasteiger partial charge is 0.314 e. The van der Waals surface area contributed by atoms with E-state index in [0.29, 0.717) is 12.8 Å². The van der Waals surface area contributed by atoms with E-state index in [1.807, 2.05) is 0 Å². The van der Waals surface area contributed by atoms with E-state index in [-0.39, 0.29) is 28.7 Å². The lowest BCUT2D eigenvalue weighted by atomic mass is 9.98. The molecule has 1 aromatic heterocycles. The highest BCUT2D eigenvalue weighted by Gasteiger charge is 2.33. The maximum Gasteiger partial charge on any atom is 0.314 e. The summed E-state index contributed by atoms with van der Waals surface area (Å²) in [7, 11) is -3.56. The number of hydrogen-bond acceptors (Lipinski definition) is 7. The Kier molecular flexibility index (Phi) is 5.94. The van der Waals surface area contributed by atoms with Crippen molar-refractivity contribution in [3.05, 3.63) is 50.3 Å². The minimum Gasteiger partial charge on any atom is -0.426 e. The lowest BCUT2D eigenvalue weighted by Crippen LogP contribution is -2.40. The van der Waals surface area contributed by atoms with Crippen molar-refractivity contribution in [1.82, 2.24) is 4.31 Å². The first-order chi connectivity index (χ1) is 12.8. The molecule has 27 heavy (non-hydrogen) atoms. The van der Waals surface area contributed by atoms with Gasteiger partial charge in [-0.05, 0) is 53.0 Å². The van der Waals surface area contributed by atoms with Crippen LogP contribution >= 0.6 is 27.3 Å². The van der Waals surface area contributed by atoms with Crippen LogP contribution < -0.4 is 4.74 Å². The maximum absolute atomic E-state index is 12.6. The van der Waals surface area contributed by atoms with Crippen LogP contribution in [0.3, 0.4) is 0 Å². The van der Waals surface area contributed by atoms with Crippen LogP contribution in [0.1, 0.15) is 12.8 Å². The largest absolute Gasteiger partial charge is 0.426 e. The molecule has 0 amide bonds. The molecular formula is C16H15BrN2O6S2. The summed E-state index contributed by atoms with van der Waals surface area (Å²) in [5.74, 6) is -0.648. The van der Waals surface area contributed by atoms with Gasteiger partial charge in [-0.2, -0.15) is 4.31 Å².